The van der Waals surface area contributed by atoms with Crippen molar-refractivity contribution in [1.82, 2.24) is 15.1 Å². The Morgan fingerprint density at radius 3 is 3.00 bits per heavy atom. The van der Waals surface area contributed by atoms with Gasteiger partial charge in [-0.2, -0.15) is 5.10 Å². The monoisotopic (exact) mass is 270 g/mol. The molecule has 1 aromatic heterocycles. The van der Waals surface area contributed by atoms with Gasteiger partial charge in [0, 0.05) is 30.7 Å². The highest BCUT2D eigenvalue weighted by Gasteiger charge is 2.12. The molecule has 1 atom stereocenters. The maximum Gasteiger partial charge on any atom is 0.0679 e. The first-order valence-corrected chi connectivity index (χ1v) is 7.44. The summed E-state index contributed by atoms with van der Waals surface area (Å²) in [7, 11) is 0. The second-order valence-electron chi connectivity index (χ2n) is 5.39. The van der Waals surface area contributed by atoms with E-state index in [0.717, 1.165) is 19.6 Å². The molecule has 0 spiro atoms. The molecule has 1 aliphatic rings. The van der Waals surface area contributed by atoms with Crippen LogP contribution in [-0.4, -0.2) is 28.9 Å². The molecule has 1 aromatic carbocycles. The number of para-hydroxylation sites is 1. The first-order valence-electron chi connectivity index (χ1n) is 7.44. The lowest BCUT2D eigenvalue weighted by atomic mass is 10.0. The van der Waals surface area contributed by atoms with Crippen LogP contribution in [0.3, 0.4) is 0 Å². The number of nitrogens with zero attached hydrogens (tertiary/aromatic N) is 2. The molecule has 106 valence electrons. The maximum absolute atomic E-state index is 4.28. The minimum atomic E-state index is 0.599. The molecule has 4 heteroatoms. The van der Waals surface area contributed by atoms with Crippen LogP contribution in [0, 0.1) is 0 Å². The lowest BCUT2D eigenvalue weighted by molar-refractivity contribution is 0.414. The number of anilines is 1. The number of benzene rings is 1. The molecule has 3 rings (SSSR count). The van der Waals surface area contributed by atoms with E-state index < -0.39 is 0 Å². The van der Waals surface area contributed by atoms with Gasteiger partial charge < -0.3 is 10.6 Å². The van der Waals surface area contributed by atoms with E-state index in [-0.39, 0.29) is 0 Å². The van der Waals surface area contributed by atoms with E-state index in [2.05, 4.69) is 40.0 Å². The quantitative estimate of drug-likeness (QED) is 0.877. The van der Waals surface area contributed by atoms with Crippen molar-refractivity contribution in [2.24, 2.45) is 0 Å². The summed E-state index contributed by atoms with van der Waals surface area (Å²) in [4.78, 5) is 0. The Hall–Kier alpha value is -1.81. The SMILES string of the molecule is c1ccc(NCC2CCCCN2)c(Cn2cccn2)c1. The third kappa shape index (κ3) is 3.39. The van der Waals surface area contributed by atoms with E-state index in [1.807, 2.05) is 23.1 Å². The molecule has 20 heavy (non-hydrogen) atoms. The Kier molecular flexibility index (Phi) is 4.33. The molecule has 0 saturated carbocycles. The van der Waals surface area contributed by atoms with Gasteiger partial charge in [-0.3, -0.25) is 4.68 Å². The molecule has 2 heterocycles. The highest BCUT2D eigenvalue weighted by Crippen LogP contribution is 2.17. The fourth-order valence-corrected chi connectivity index (χ4v) is 2.73. The highest BCUT2D eigenvalue weighted by molar-refractivity contribution is 5.51. The van der Waals surface area contributed by atoms with Crippen molar-refractivity contribution < 1.29 is 0 Å². The van der Waals surface area contributed by atoms with Gasteiger partial charge in [-0.05, 0) is 37.1 Å². The van der Waals surface area contributed by atoms with Crippen LogP contribution in [0.2, 0.25) is 0 Å². The van der Waals surface area contributed by atoms with Crippen molar-refractivity contribution in [2.75, 3.05) is 18.4 Å². The second-order valence-corrected chi connectivity index (χ2v) is 5.39. The van der Waals surface area contributed by atoms with E-state index in [4.69, 9.17) is 0 Å². The molecule has 0 bridgehead atoms. The second kappa shape index (κ2) is 6.57. The Balaban J connectivity index is 1.63. The smallest absolute Gasteiger partial charge is 0.0679 e. The highest BCUT2D eigenvalue weighted by atomic mass is 15.3. The van der Waals surface area contributed by atoms with E-state index in [1.54, 1.807) is 0 Å². The van der Waals surface area contributed by atoms with Gasteiger partial charge >= 0.3 is 0 Å². The Morgan fingerprint density at radius 2 is 2.20 bits per heavy atom. The van der Waals surface area contributed by atoms with E-state index in [0.29, 0.717) is 6.04 Å². The molecule has 0 amide bonds. The predicted octanol–water partition coefficient (Wildman–Crippen LogP) is 2.49. The third-order valence-electron chi connectivity index (χ3n) is 3.86. The minimum Gasteiger partial charge on any atom is -0.383 e. The van der Waals surface area contributed by atoms with Crippen LogP contribution in [0.4, 0.5) is 5.69 Å². The molecule has 1 saturated heterocycles. The van der Waals surface area contributed by atoms with Gasteiger partial charge in [0.15, 0.2) is 0 Å². The fourth-order valence-electron chi connectivity index (χ4n) is 2.73. The van der Waals surface area contributed by atoms with Crippen LogP contribution < -0.4 is 10.6 Å². The van der Waals surface area contributed by atoms with Gasteiger partial charge in [0.05, 0.1) is 6.54 Å². The number of hydrogen-bond donors (Lipinski definition) is 2. The molecule has 0 radical (unpaired) electrons. The van der Waals surface area contributed by atoms with E-state index in [1.165, 1.54) is 30.5 Å². The topological polar surface area (TPSA) is 41.9 Å². The Bertz CT molecular complexity index is 515. The summed E-state index contributed by atoms with van der Waals surface area (Å²) in [5.41, 5.74) is 2.50. The van der Waals surface area contributed by atoms with E-state index >= 15 is 0 Å². The largest absolute Gasteiger partial charge is 0.383 e. The van der Waals surface area contributed by atoms with Crippen molar-refractivity contribution in [1.29, 1.82) is 0 Å². The third-order valence-corrected chi connectivity index (χ3v) is 3.86. The summed E-state index contributed by atoms with van der Waals surface area (Å²) < 4.78 is 1.96. The molecule has 1 unspecified atom stereocenters. The van der Waals surface area contributed by atoms with Gasteiger partial charge in [0.1, 0.15) is 0 Å². The van der Waals surface area contributed by atoms with Gasteiger partial charge in [-0.1, -0.05) is 24.6 Å². The lowest BCUT2D eigenvalue weighted by Gasteiger charge is -2.24. The van der Waals surface area contributed by atoms with Crippen molar-refractivity contribution in [2.45, 2.75) is 31.8 Å². The molecule has 0 aliphatic carbocycles. The van der Waals surface area contributed by atoms with Gasteiger partial charge in [0.2, 0.25) is 0 Å². The summed E-state index contributed by atoms with van der Waals surface area (Å²) in [5, 5.41) is 11.4. The average Bonchev–Trinajstić information content (AvgIpc) is 3.00. The van der Waals surface area contributed by atoms with Gasteiger partial charge in [0.25, 0.3) is 0 Å². The zero-order chi connectivity index (χ0) is 13.6. The molecule has 1 aliphatic heterocycles. The standard InChI is InChI=1S/C16H22N4/c1-2-8-16(18-12-15-7-3-4-9-17-15)14(6-1)13-20-11-5-10-19-20/h1-2,5-6,8,10-11,15,17-18H,3-4,7,9,12-13H2. The van der Waals surface area contributed by atoms with Crippen LogP contribution in [0.15, 0.2) is 42.7 Å². The van der Waals surface area contributed by atoms with Crippen LogP contribution in [0.25, 0.3) is 0 Å². The summed E-state index contributed by atoms with van der Waals surface area (Å²) in [5.74, 6) is 0. The predicted molar refractivity (Wildman–Crippen MR) is 81.9 cm³/mol. The molecular formula is C16H22N4. The molecule has 4 nitrogen and oxygen atoms in total. The summed E-state index contributed by atoms with van der Waals surface area (Å²) in [6.07, 6.45) is 7.75. The van der Waals surface area contributed by atoms with E-state index in [9.17, 15) is 0 Å². The Labute approximate surface area is 120 Å². The molecular weight excluding hydrogens is 248 g/mol. The zero-order valence-corrected chi connectivity index (χ0v) is 11.8. The van der Waals surface area contributed by atoms with Crippen LogP contribution in [0.5, 0.6) is 0 Å². The van der Waals surface area contributed by atoms with Crippen LogP contribution in [-0.2, 0) is 6.54 Å². The normalized spacial score (nSPS) is 18.9. The first-order chi connectivity index (χ1) is 9.92. The molecule has 2 N–H and O–H groups in total. The van der Waals surface area contributed by atoms with Gasteiger partial charge in [-0.25, -0.2) is 0 Å². The lowest BCUT2D eigenvalue weighted by Crippen LogP contribution is -2.39. The number of piperidine rings is 1. The number of aromatic nitrogens is 2. The average molecular weight is 270 g/mol. The minimum absolute atomic E-state index is 0.599. The van der Waals surface area contributed by atoms with Crippen molar-refractivity contribution in [3.05, 3.63) is 48.3 Å². The number of rotatable bonds is 5. The summed E-state index contributed by atoms with van der Waals surface area (Å²) >= 11 is 0. The summed E-state index contributed by atoms with van der Waals surface area (Å²) in [6, 6.07) is 11.1. The van der Waals surface area contributed by atoms with Crippen molar-refractivity contribution in [3.8, 4) is 0 Å². The Morgan fingerprint density at radius 1 is 1.25 bits per heavy atom. The van der Waals surface area contributed by atoms with Gasteiger partial charge in [-0.15, -0.1) is 0 Å². The molecule has 1 fully saturated rings. The first kappa shape index (κ1) is 13.2. The summed E-state index contributed by atoms with van der Waals surface area (Å²) in [6.45, 7) is 2.96. The zero-order valence-electron chi connectivity index (χ0n) is 11.8. The van der Waals surface area contributed by atoms with Crippen molar-refractivity contribution in [3.63, 3.8) is 0 Å². The fraction of sp³-hybridized carbons (Fsp3) is 0.438. The number of hydrogen-bond acceptors (Lipinski definition) is 3. The molecule has 2 aromatic rings. The van der Waals surface area contributed by atoms with Crippen LogP contribution >= 0.6 is 0 Å². The van der Waals surface area contributed by atoms with Crippen molar-refractivity contribution >= 4 is 5.69 Å². The maximum atomic E-state index is 4.28. The van der Waals surface area contributed by atoms with Crippen LogP contribution in [0.1, 0.15) is 24.8 Å². The number of nitrogens with one attached hydrogen (secondary N) is 2.